The van der Waals surface area contributed by atoms with E-state index in [2.05, 4.69) is 5.32 Å². The second kappa shape index (κ2) is 12.0. The normalized spacial score (nSPS) is 14.9. The molecular formula is C26H31NO5. The molecule has 1 saturated carbocycles. The predicted molar refractivity (Wildman–Crippen MR) is 122 cm³/mol. The first-order chi connectivity index (χ1) is 15.6. The third kappa shape index (κ3) is 6.94. The van der Waals surface area contributed by atoms with Gasteiger partial charge in [0.1, 0.15) is 0 Å². The van der Waals surface area contributed by atoms with Crippen LogP contribution in [0.1, 0.15) is 78.9 Å². The van der Waals surface area contributed by atoms with Crippen molar-refractivity contribution in [1.29, 1.82) is 0 Å². The van der Waals surface area contributed by atoms with E-state index in [1.165, 1.54) is 37.7 Å². The molecule has 0 unspecified atom stereocenters. The lowest BCUT2D eigenvalue weighted by atomic mass is 9.84. The zero-order chi connectivity index (χ0) is 22.8. The molecule has 1 fully saturated rings. The summed E-state index contributed by atoms with van der Waals surface area (Å²) in [5, 5.41) is 2.67. The molecule has 1 aliphatic carbocycles. The van der Waals surface area contributed by atoms with Gasteiger partial charge in [0, 0.05) is 5.56 Å². The van der Waals surface area contributed by atoms with Crippen LogP contribution in [0.2, 0.25) is 0 Å². The lowest BCUT2D eigenvalue weighted by molar-refractivity contribution is -0.143. The Bertz CT molecular complexity index is 888. The highest BCUT2D eigenvalue weighted by Crippen LogP contribution is 2.32. The summed E-state index contributed by atoms with van der Waals surface area (Å²) in [4.78, 5) is 36.7. The molecule has 0 spiro atoms. The fourth-order valence-electron chi connectivity index (χ4n) is 4.08. The highest BCUT2D eigenvalue weighted by Gasteiger charge is 2.21. The maximum absolute atomic E-state index is 12.5. The lowest BCUT2D eigenvalue weighted by Crippen LogP contribution is -2.31. The van der Waals surface area contributed by atoms with Gasteiger partial charge in [-0.25, -0.2) is 4.79 Å². The molecule has 170 valence electrons. The van der Waals surface area contributed by atoms with Crippen molar-refractivity contribution in [3.05, 3.63) is 71.3 Å². The van der Waals surface area contributed by atoms with Crippen LogP contribution in [-0.4, -0.2) is 31.1 Å². The Balaban J connectivity index is 1.53. The molecule has 0 aromatic heterocycles. The van der Waals surface area contributed by atoms with Gasteiger partial charge in [-0.1, -0.05) is 73.9 Å². The topological polar surface area (TPSA) is 81.7 Å². The van der Waals surface area contributed by atoms with Crippen LogP contribution in [0.4, 0.5) is 4.79 Å². The Labute approximate surface area is 189 Å². The first-order valence-electron chi connectivity index (χ1n) is 11.3. The predicted octanol–water partition coefficient (Wildman–Crippen LogP) is 5.34. The number of amides is 1. The summed E-state index contributed by atoms with van der Waals surface area (Å²) in [6.45, 7) is 1.60. The fourth-order valence-corrected chi connectivity index (χ4v) is 4.08. The minimum atomic E-state index is -0.608. The summed E-state index contributed by atoms with van der Waals surface area (Å²) in [5.74, 6) is -0.237. The summed E-state index contributed by atoms with van der Waals surface area (Å²) in [6, 6.07) is 16.2. The SMILES string of the molecule is CCOC(=O)N[C@H](CC(=O)OCC(=O)c1ccc(C2CCCCC2)cc1)c1ccccc1. The second-order valence-electron chi connectivity index (χ2n) is 8.07. The largest absolute Gasteiger partial charge is 0.457 e. The standard InChI is InChI=1S/C26H31NO5/c1-2-31-26(30)27-23(21-11-7-4-8-12-21)17-25(29)32-18-24(28)22-15-13-20(14-16-22)19-9-5-3-6-10-19/h4,7-8,11-16,19,23H,2-3,5-6,9-10,17-18H2,1H3,(H,27,30)/t23-/m1/s1. The number of esters is 1. The number of ketones is 1. The van der Waals surface area contributed by atoms with Crippen LogP contribution in [0.15, 0.2) is 54.6 Å². The molecule has 0 radical (unpaired) electrons. The van der Waals surface area contributed by atoms with E-state index in [4.69, 9.17) is 9.47 Å². The van der Waals surface area contributed by atoms with Gasteiger partial charge in [0.15, 0.2) is 12.4 Å². The quantitative estimate of drug-likeness (QED) is 0.423. The molecular weight excluding hydrogens is 406 g/mol. The smallest absolute Gasteiger partial charge is 0.407 e. The van der Waals surface area contributed by atoms with Crippen molar-refractivity contribution in [1.82, 2.24) is 5.32 Å². The molecule has 1 aliphatic rings. The van der Waals surface area contributed by atoms with Crippen LogP contribution in [0.25, 0.3) is 0 Å². The van der Waals surface area contributed by atoms with Crippen molar-refractivity contribution < 1.29 is 23.9 Å². The Morgan fingerprint density at radius 2 is 1.62 bits per heavy atom. The molecule has 6 heteroatoms. The Morgan fingerprint density at radius 3 is 2.28 bits per heavy atom. The lowest BCUT2D eigenvalue weighted by Gasteiger charge is -2.22. The monoisotopic (exact) mass is 437 g/mol. The first kappa shape index (κ1) is 23.5. The van der Waals surface area contributed by atoms with Gasteiger partial charge in [-0.05, 0) is 36.8 Å². The molecule has 0 bridgehead atoms. The van der Waals surface area contributed by atoms with Crippen molar-refractivity contribution >= 4 is 17.8 Å². The zero-order valence-electron chi connectivity index (χ0n) is 18.5. The number of alkyl carbamates (subject to hydrolysis) is 1. The van der Waals surface area contributed by atoms with Crippen LogP contribution in [0.3, 0.4) is 0 Å². The van der Waals surface area contributed by atoms with E-state index in [-0.39, 0.29) is 25.4 Å². The number of benzene rings is 2. The molecule has 2 aromatic rings. The minimum Gasteiger partial charge on any atom is -0.457 e. The summed E-state index contributed by atoms with van der Waals surface area (Å²) in [6.07, 6.45) is 5.52. The fraction of sp³-hybridized carbons (Fsp3) is 0.423. The van der Waals surface area contributed by atoms with Gasteiger partial charge in [-0.15, -0.1) is 0 Å². The van der Waals surface area contributed by atoms with Gasteiger partial charge in [0.2, 0.25) is 0 Å². The van der Waals surface area contributed by atoms with Crippen LogP contribution in [0, 0.1) is 0 Å². The number of nitrogens with one attached hydrogen (secondary N) is 1. The average Bonchev–Trinajstić information content (AvgIpc) is 2.83. The molecule has 0 aliphatic heterocycles. The Kier molecular flexibility index (Phi) is 8.84. The molecule has 32 heavy (non-hydrogen) atoms. The van der Waals surface area contributed by atoms with Gasteiger partial charge >= 0.3 is 12.1 Å². The Morgan fingerprint density at radius 1 is 0.938 bits per heavy atom. The van der Waals surface area contributed by atoms with E-state index in [0.29, 0.717) is 11.5 Å². The summed E-state index contributed by atoms with van der Waals surface area (Å²) >= 11 is 0. The number of carbonyl (C=O) groups excluding carboxylic acids is 3. The van der Waals surface area contributed by atoms with E-state index < -0.39 is 18.1 Å². The van der Waals surface area contributed by atoms with Crippen molar-refractivity contribution in [2.24, 2.45) is 0 Å². The first-order valence-corrected chi connectivity index (χ1v) is 11.3. The molecule has 6 nitrogen and oxygen atoms in total. The molecule has 3 rings (SSSR count). The Hall–Kier alpha value is -3.15. The van der Waals surface area contributed by atoms with E-state index in [1.54, 1.807) is 6.92 Å². The van der Waals surface area contributed by atoms with Gasteiger partial charge < -0.3 is 14.8 Å². The summed E-state index contributed by atoms with van der Waals surface area (Å²) < 4.78 is 10.1. The molecule has 1 atom stereocenters. The van der Waals surface area contributed by atoms with Crippen LogP contribution in [0.5, 0.6) is 0 Å². The van der Waals surface area contributed by atoms with E-state index in [0.717, 1.165) is 5.56 Å². The zero-order valence-corrected chi connectivity index (χ0v) is 18.5. The number of Topliss-reactive ketones (excluding diaryl/α,β-unsaturated/α-hetero) is 1. The average molecular weight is 438 g/mol. The van der Waals surface area contributed by atoms with E-state index >= 15 is 0 Å². The summed E-state index contributed by atoms with van der Waals surface area (Å²) in [5.41, 5.74) is 2.55. The van der Waals surface area contributed by atoms with Crippen molar-refractivity contribution in [2.45, 2.75) is 57.4 Å². The van der Waals surface area contributed by atoms with Crippen LogP contribution >= 0.6 is 0 Å². The number of rotatable bonds is 9. The molecule has 0 heterocycles. The highest BCUT2D eigenvalue weighted by atomic mass is 16.5. The van der Waals surface area contributed by atoms with Gasteiger partial charge in [-0.2, -0.15) is 0 Å². The number of carbonyl (C=O) groups is 3. The third-order valence-corrected chi connectivity index (χ3v) is 5.81. The van der Waals surface area contributed by atoms with Crippen molar-refractivity contribution in [2.75, 3.05) is 13.2 Å². The molecule has 1 N–H and O–H groups in total. The maximum atomic E-state index is 12.5. The molecule has 0 saturated heterocycles. The molecule has 2 aromatic carbocycles. The van der Waals surface area contributed by atoms with Gasteiger partial charge in [-0.3, -0.25) is 9.59 Å². The van der Waals surface area contributed by atoms with Crippen molar-refractivity contribution in [3.8, 4) is 0 Å². The minimum absolute atomic E-state index is 0.100. The number of hydrogen-bond donors (Lipinski definition) is 1. The van der Waals surface area contributed by atoms with Crippen LogP contribution < -0.4 is 5.32 Å². The van der Waals surface area contributed by atoms with E-state index in [1.807, 2.05) is 54.6 Å². The van der Waals surface area contributed by atoms with Crippen LogP contribution in [-0.2, 0) is 14.3 Å². The highest BCUT2D eigenvalue weighted by molar-refractivity contribution is 5.98. The third-order valence-electron chi connectivity index (χ3n) is 5.81. The second-order valence-corrected chi connectivity index (χ2v) is 8.07. The molecule has 1 amide bonds. The number of ether oxygens (including phenoxy) is 2. The van der Waals surface area contributed by atoms with Gasteiger partial charge in [0.25, 0.3) is 0 Å². The number of hydrogen-bond acceptors (Lipinski definition) is 5. The van der Waals surface area contributed by atoms with Gasteiger partial charge in [0.05, 0.1) is 19.1 Å². The van der Waals surface area contributed by atoms with E-state index in [9.17, 15) is 14.4 Å². The van der Waals surface area contributed by atoms with Crippen molar-refractivity contribution in [3.63, 3.8) is 0 Å². The maximum Gasteiger partial charge on any atom is 0.407 e. The summed E-state index contributed by atoms with van der Waals surface area (Å²) in [7, 11) is 0.